The Morgan fingerprint density at radius 1 is 1.42 bits per heavy atom. The van der Waals surface area contributed by atoms with Gasteiger partial charge in [-0.1, -0.05) is 13.8 Å². The van der Waals surface area contributed by atoms with Gasteiger partial charge >= 0.3 is 0 Å². The smallest absolute Gasteiger partial charge is 0.134 e. The first kappa shape index (κ1) is 14.1. The van der Waals surface area contributed by atoms with Crippen LogP contribution >= 0.6 is 0 Å². The van der Waals surface area contributed by atoms with Crippen molar-refractivity contribution in [3.05, 3.63) is 11.9 Å². The molecule has 5 heteroatoms. The highest BCUT2D eigenvalue weighted by atomic mass is 16.3. The van der Waals surface area contributed by atoms with E-state index < -0.39 is 0 Å². The number of aromatic nitrogens is 2. The van der Waals surface area contributed by atoms with Crippen molar-refractivity contribution in [3.8, 4) is 0 Å². The molecule has 5 nitrogen and oxygen atoms in total. The van der Waals surface area contributed by atoms with Crippen molar-refractivity contribution >= 4 is 11.6 Å². The molecular formula is C14H24N4O. The van der Waals surface area contributed by atoms with E-state index in [4.69, 9.17) is 0 Å². The average molecular weight is 264 g/mol. The van der Waals surface area contributed by atoms with Crippen molar-refractivity contribution in [2.45, 2.75) is 45.6 Å². The monoisotopic (exact) mass is 264 g/mol. The molecule has 0 aliphatic carbocycles. The molecule has 1 unspecified atom stereocenters. The minimum atomic E-state index is 0.198. The zero-order valence-corrected chi connectivity index (χ0v) is 11.9. The highest BCUT2D eigenvalue weighted by Gasteiger charge is 2.25. The number of anilines is 2. The summed E-state index contributed by atoms with van der Waals surface area (Å²) in [6.45, 7) is 6.29. The molecule has 0 bridgehead atoms. The summed E-state index contributed by atoms with van der Waals surface area (Å²) in [6, 6.07) is 2.21. The minimum absolute atomic E-state index is 0.198. The fraction of sp³-hybridized carbons (Fsp3) is 0.714. The SMILES string of the molecule is CCCNc1cc(N2CCCC2CO)nc(CC)n1. The van der Waals surface area contributed by atoms with Crippen LogP contribution in [0.2, 0.25) is 0 Å². The van der Waals surface area contributed by atoms with Crippen LogP contribution in [0.15, 0.2) is 6.07 Å². The molecule has 2 rings (SSSR count). The number of rotatable bonds is 6. The van der Waals surface area contributed by atoms with Gasteiger partial charge in [0.2, 0.25) is 0 Å². The number of nitrogens with one attached hydrogen (secondary N) is 1. The van der Waals surface area contributed by atoms with Gasteiger partial charge in [-0.2, -0.15) is 0 Å². The van der Waals surface area contributed by atoms with Crippen LogP contribution in [0.3, 0.4) is 0 Å². The molecule has 1 aromatic heterocycles. The molecule has 1 aliphatic heterocycles. The van der Waals surface area contributed by atoms with Crippen LogP contribution in [0.25, 0.3) is 0 Å². The maximum atomic E-state index is 9.43. The molecular weight excluding hydrogens is 240 g/mol. The van der Waals surface area contributed by atoms with E-state index in [2.05, 4.69) is 34.0 Å². The van der Waals surface area contributed by atoms with E-state index in [1.54, 1.807) is 0 Å². The molecule has 1 aliphatic rings. The third-order valence-electron chi connectivity index (χ3n) is 3.51. The lowest BCUT2D eigenvalue weighted by Gasteiger charge is -2.25. The number of hydrogen-bond acceptors (Lipinski definition) is 5. The number of hydrogen-bond donors (Lipinski definition) is 2. The fourth-order valence-electron chi connectivity index (χ4n) is 2.46. The van der Waals surface area contributed by atoms with E-state index in [1.165, 1.54) is 0 Å². The Morgan fingerprint density at radius 2 is 2.26 bits per heavy atom. The van der Waals surface area contributed by atoms with Crippen LogP contribution < -0.4 is 10.2 Å². The summed E-state index contributed by atoms with van der Waals surface area (Å²) in [7, 11) is 0. The van der Waals surface area contributed by atoms with Crippen molar-refractivity contribution in [2.75, 3.05) is 29.9 Å². The minimum Gasteiger partial charge on any atom is -0.394 e. The van der Waals surface area contributed by atoms with Crippen LogP contribution in [-0.4, -0.2) is 40.8 Å². The average Bonchev–Trinajstić information content (AvgIpc) is 2.93. The van der Waals surface area contributed by atoms with Gasteiger partial charge in [0, 0.05) is 25.6 Å². The van der Waals surface area contributed by atoms with Gasteiger partial charge in [-0.15, -0.1) is 0 Å². The fourth-order valence-corrected chi connectivity index (χ4v) is 2.46. The second-order valence-corrected chi connectivity index (χ2v) is 4.98. The first-order chi connectivity index (χ1) is 9.28. The van der Waals surface area contributed by atoms with Crippen LogP contribution in [0, 0.1) is 0 Å². The number of aliphatic hydroxyl groups excluding tert-OH is 1. The molecule has 0 amide bonds. The summed E-state index contributed by atoms with van der Waals surface area (Å²) in [6.07, 6.45) is 4.06. The lowest BCUT2D eigenvalue weighted by molar-refractivity contribution is 0.266. The molecule has 1 fully saturated rings. The van der Waals surface area contributed by atoms with Crippen molar-refractivity contribution < 1.29 is 5.11 Å². The summed E-state index contributed by atoms with van der Waals surface area (Å²) < 4.78 is 0. The van der Waals surface area contributed by atoms with Gasteiger partial charge in [-0.25, -0.2) is 9.97 Å². The number of aryl methyl sites for hydroxylation is 1. The molecule has 0 radical (unpaired) electrons. The van der Waals surface area contributed by atoms with Gasteiger partial charge in [0.15, 0.2) is 0 Å². The Hall–Kier alpha value is -1.36. The molecule has 0 spiro atoms. The van der Waals surface area contributed by atoms with Crippen LogP contribution in [0.4, 0.5) is 11.6 Å². The Kier molecular flexibility index (Phi) is 4.96. The number of nitrogens with zero attached hydrogens (tertiary/aromatic N) is 3. The lowest BCUT2D eigenvalue weighted by atomic mass is 10.2. The van der Waals surface area contributed by atoms with E-state index in [0.29, 0.717) is 0 Å². The van der Waals surface area contributed by atoms with Gasteiger partial charge in [0.05, 0.1) is 12.6 Å². The molecule has 106 valence electrons. The zero-order chi connectivity index (χ0) is 13.7. The second kappa shape index (κ2) is 6.70. The van der Waals surface area contributed by atoms with Gasteiger partial charge in [0.25, 0.3) is 0 Å². The van der Waals surface area contributed by atoms with Gasteiger partial charge < -0.3 is 15.3 Å². The quantitative estimate of drug-likeness (QED) is 0.820. The lowest BCUT2D eigenvalue weighted by Crippen LogP contribution is -2.33. The van der Waals surface area contributed by atoms with Crippen LogP contribution in [0.1, 0.15) is 38.9 Å². The molecule has 1 saturated heterocycles. The molecule has 1 aromatic rings. The normalized spacial score (nSPS) is 18.9. The summed E-state index contributed by atoms with van der Waals surface area (Å²) in [5.41, 5.74) is 0. The first-order valence-electron chi connectivity index (χ1n) is 7.27. The summed E-state index contributed by atoms with van der Waals surface area (Å²) in [5.74, 6) is 2.70. The second-order valence-electron chi connectivity index (χ2n) is 4.98. The maximum absolute atomic E-state index is 9.43. The van der Waals surface area contributed by atoms with E-state index in [9.17, 15) is 5.11 Å². The van der Waals surface area contributed by atoms with Gasteiger partial charge in [-0.05, 0) is 19.3 Å². The van der Waals surface area contributed by atoms with E-state index in [1.807, 2.05) is 6.07 Å². The summed E-state index contributed by atoms with van der Waals surface area (Å²) in [4.78, 5) is 11.3. The zero-order valence-electron chi connectivity index (χ0n) is 11.9. The first-order valence-corrected chi connectivity index (χ1v) is 7.27. The van der Waals surface area contributed by atoms with Gasteiger partial charge in [-0.3, -0.25) is 0 Å². The van der Waals surface area contributed by atoms with E-state index in [-0.39, 0.29) is 12.6 Å². The Morgan fingerprint density at radius 3 is 2.95 bits per heavy atom. The predicted octanol–water partition coefficient (Wildman–Crippen LogP) is 1.82. The van der Waals surface area contributed by atoms with Crippen molar-refractivity contribution in [1.29, 1.82) is 0 Å². The Balaban J connectivity index is 2.23. The van der Waals surface area contributed by atoms with Crippen LogP contribution in [0.5, 0.6) is 0 Å². The third kappa shape index (κ3) is 3.35. The molecule has 0 saturated carbocycles. The Labute approximate surface area is 115 Å². The van der Waals surface area contributed by atoms with E-state index in [0.717, 1.165) is 56.2 Å². The standard InChI is InChI=1S/C14H24N4O/c1-3-7-15-13-9-14(17-12(4-2)16-13)18-8-5-6-11(18)10-19/h9,11,19H,3-8,10H2,1-2H3,(H,15,16,17). The molecule has 2 heterocycles. The number of aliphatic hydroxyl groups is 1. The summed E-state index contributed by atoms with van der Waals surface area (Å²) >= 11 is 0. The van der Waals surface area contributed by atoms with Crippen LogP contribution in [-0.2, 0) is 6.42 Å². The molecule has 0 aromatic carbocycles. The van der Waals surface area contributed by atoms with Gasteiger partial charge in [0.1, 0.15) is 17.5 Å². The highest BCUT2D eigenvalue weighted by Crippen LogP contribution is 2.25. The molecule has 1 atom stereocenters. The third-order valence-corrected chi connectivity index (χ3v) is 3.51. The molecule has 19 heavy (non-hydrogen) atoms. The van der Waals surface area contributed by atoms with Crippen molar-refractivity contribution in [3.63, 3.8) is 0 Å². The van der Waals surface area contributed by atoms with Crippen molar-refractivity contribution in [2.24, 2.45) is 0 Å². The maximum Gasteiger partial charge on any atom is 0.134 e. The summed E-state index contributed by atoms with van der Waals surface area (Å²) in [5, 5.41) is 12.8. The highest BCUT2D eigenvalue weighted by molar-refractivity contribution is 5.50. The Bertz CT molecular complexity index is 410. The molecule has 2 N–H and O–H groups in total. The largest absolute Gasteiger partial charge is 0.394 e. The van der Waals surface area contributed by atoms with Crippen molar-refractivity contribution in [1.82, 2.24) is 9.97 Å². The van der Waals surface area contributed by atoms with E-state index >= 15 is 0 Å². The predicted molar refractivity (Wildman–Crippen MR) is 77.6 cm³/mol. The topological polar surface area (TPSA) is 61.3 Å².